The molecule has 0 atom stereocenters. The van der Waals surface area contributed by atoms with Crippen LogP contribution in [0.1, 0.15) is 35.8 Å². The maximum absolute atomic E-state index is 6.26. The summed E-state index contributed by atoms with van der Waals surface area (Å²) in [6, 6.07) is 50.3. The van der Waals surface area contributed by atoms with E-state index in [0.29, 0.717) is 0 Å². The normalized spacial score (nSPS) is 13.1. The van der Waals surface area contributed by atoms with Gasteiger partial charge in [-0.25, -0.2) is 0 Å². The quantitative estimate of drug-likeness (QED) is 0.166. The minimum Gasteiger partial charge on any atom is -0.461 e. The first-order chi connectivity index (χ1) is 26.6. The monoisotopic (exact) mass is 708 g/mol. The summed E-state index contributed by atoms with van der Waals surface area (Å²) >= 11 is 1.87. The van der Waals surface area contributed by atoms with Crippen LogP contribution in [0.3, 0.4) is 0 Å². The van der Waals surface area contributed by atoms with Crippen LogP contribution in [-0.4, -0.2) is 0 Å². The second kappa shape index (κ2) is 12.2. The highest BCUT2D eigenvalue weighted by Gasteiger charge is 2.19. The molecule has 0 radical (unpaired) electrons. The van der Waals surface area contributed by atoms with E-state index in [9.17, 15) is 0 Å². The van der Waals surface area contributed by atoms with Crippen molar-refractivity contribution in [3.8, 4) is 33.4 Å². The molecular weight excluding hydrogens is 673 g/mol. The second-order valence-electron chi connectivity index (χ2n) is 14.7. The molecule has 0 spiro atoms. The lowest BCUT2D eigenvalue weighted by atomic mass is 9.84. The number of aryl methyl sites for hydroxylation is 2. The molecule has 0 saturated carbocycles. The summed E-state index contributed by atoms with van der Waals surface area (Å²) in [6.07, 6.45) is 11.0. The van der Waals surface area contributed by atoms with E-state index in [0.717, 1.165) is 24.2 Å². The van der Waals surface area contributed by atoms with Gasteiger partial charge in [0.25, 0.3) is 0 Å². The molecule has 0 unspecified atom stereocenters. The van der Waals surface area contributed by atoms with Gasteiger partial charge in [0.2, 0.25) is 0 Å². The highest BCUT2D eigenvalue weighted by molar-refractivity contribution is 7.26. The van der Waals surface area contributed by atoms with Gasteiger partial charge in [-0.05, 0) is 128 Å². The predicted octanol–water partition coefficient (Wildman–Crippen LogP) is 15.6. The highest BCUT2D eigenvalue weighted by Crippen LogP contribution is 2.46. The fraction of sp³-hybridized carbons (Fsp3) is 0.0769. The highest BCUT2D eigenvalue weighted by atomic mass is 32.1. The van der Waals surface area contributed by atoms with Crippen LogP contribution in [0.15, 0.2) is 150 Å². The van der Waals surface area contributed by atoms with Crippen LogP contribution in [0, 0.1) is 6.92 Å². The fourth-order valence-corrected chi connectivity index (χ4v) is 10.2. The van der Waals surface area contributed by atoms with Crippen molar-refractivity contribution in [3.63, 3.8) is 0 Å². The molecule has 2 heterocycles. The molecule has 0 fully saturated rings. The van der Waals surface area contributed by atoms with Crippen LogP contribution < -0.4 is 0 Å². The molecule has 0 N–H and O–H groups in total. The SMILES string of the molecule is C/C=C\c1c(C)oc2cc3c(ccc4sc5cc(-c6ccc(-c7c8ccccc8c(-c8ccc9c(c8)CCC=C9)c8ccccc78)cc6)ccc5c43)cc12. The number of benzene rings is 8. The van der Waals surface area contributed by atoms with Crippen LogP contribution in [0.25, 0.3) is 109 Å². The number of furan rings is 1. The molecule has 1 aliphatic carbocycles. The number of allylic oxidation sites excluding steroid dienone is 2. The lowest BCUT2D eigenvalue weighted by Crippen LogP contribution is -1.96. The molecule has 54 heavy (non-hydrogen) atoms. The van der Waals surface area contributed by atoms with E-state index in [1.165, 1.54) is 108 Å². The number of rotatable bonds is 4. The number of fused-ring (bicyclic) bond motifs is 9. The summed E-state index contributed by atoms with van der Waals surface area (Å²) < 4.78 is 8.86. The third kappa shape index (κ3) is 4.77. The molecule has 11 rings (SSSR count). The Morgan fingerprint density at radius 2 is 1.26 bits per heavy atom. The average Bonchev–Trinajstić information content (AvgIpc) is 3.74. The first kappa shape index (κ1) is 31.3. The standard InChI is InChI=1S/C52H36OS/c1-3-10-39-31(2)53-47-30-45-37(28-46(39)47)24-26-48-52(45)44-25-23-36(29-49(44)54-48)33-17-20-34(21-18-33)50-40-13-6-8-15-42(40)51(43-16-9-7-14-41(43)50)38-22-19-32-11-4-5-12-35(32)27-38/h3-4,6-11,13-30H,5,12H2,1-2H3/b10-3-. The maximum Gasteiger partial charge on any atom is 0.135 e. The predicted molar refractivity (Wildman–Crippen MR) is 235 cm³/mol. The van der Waals surface area contributed by atoms with E-state index < -0.39 is 0 Å². The second-order valence-corrected chi connectivity index (χ2v) is 15.8. The van der Waals surface area contributed by atoms with Gasteiger partial charge < -0.3 is 4.42 Å². The van der Waals surface area contributed by atoms with E-state index >= 15 is 0 Å². The van der Waals surface area contributed by atoms with Crippen molar-refractivity contribution in [1.82, 2.24) is 0 Å². The van der Waals surface area contributed by atoms with Gasteiger partial charge in [0.15, 0.2) is 0 Å². The molecule has 10 aromatic rings. The summed E-state index contributed by atoms with van der Waals surface area (Å²) in [5, 5.41) is 11.4. The van der Waals surface area contributed by atoms with E-state index in [4.69, 9.17) is 4.42 Å². The zero-order chi connectivity index (χ0) is 35.9. The van der Waals surface area contributed by atoms with Crippen LogP contribution in [0.5, 0.6) is 0 Å². The van der Waals surface area contributed by atoms with Gasteiger partial charge in [-0.1, -0.05) is 133 Å². The maximum atomic E-state index is 6.26. The van der Waals surface area contributed by atoms with Gasteiger partial charge in [-0.3, -0.25) is 0 Å². The summed E-state index contributed by atoms with van der Waals surface area (Å²) in [4.78, 5) is 0. The first-order valence-electron chi connectivity index (χ1n) is 18.9. The summed E-state index contributed by atoms with van der Waals surface area (Å²) in [5.74, 6) is 0.960. The third-order valence-corrected chi connectivity index (χ3v) is 12.7. The molecule has 2 aromatic heterocycles. The fourth-order valence-electron chi connectivity index (χ4n) is 9.05. The van der Waals surface area contributed by atoms with Crippen molar-refractivity contribution < 1.29 is 4.42 Å². The molecule has 0 saturated heterocycles. The smallest absolute Gasteiger partial charge is 0.135 e. The van der Waals surface area contributed by atoms with Gasteiger partial charge in [0, 0.05) is 31.1 Å². The molecule has 0 amide bonds. The number of hydrogen-bond donors (Lipinski definition) is 0. The minimum atomic E-state index is 0.947. The molecule has 0 bridgehead atoms. The van der Waals surface area contributed by atoms with Crippen molar-refractivity contribution in [2.75, 3.05) is 0 Å². The van der Waals surface area contributed by atoms with Gasteiger partial charge in [-0.2, -0.15) is 0 Å². The molecular formula is C52H36OS. The summed E-state index contributed by atoms with van der Waals surface area (Å²) in [7, 11) is 0. The Balaban J connectivity index is 1.02. The summed E-state index contributed by atoms with van der Waals surface area (Å²) in [5.41, 5.74) is 12.5. The lowest BCUT2D eigenvalue weighted by molar-refractivity contribution is 0.578. The van der Waals surface area contributed by atoms with E-state index in [1.807, 2.05) is 11.3 Å². The first-order valence-corrected chi connectivity index (χ1v) is 19.7. The number of hydrogen-bond acceptors (Lipinski definition) is 2. The third-order valence-electron chi connectivity index (χ3n) is 11.6. The Labute approximate surface area is 318 Å². The van der Waals surface area contributed by atoms with Gasteiger partial charge >= 0.3 is 0 Å². The van der Waals surface area contributed by atoms with Crippen LogP contribution in [0.2, 0.25) is 0 Å². The number of thiophene rings is 1. The Bertz CT molecular complexity index is 3160. The van der Waals surface area contributed by atoms with E-state index in [-0.39, 0.29) is 0 Å². The average molecular weight is 709 g/mol. The van der Waals surface area contributed by atoms with Crippen LogP contribution >= 0.6 is 11.3 Å². The van der Waals surface area contributed by atoms with Crippen molar-refractivity contribution in [1.29, 1.82) is 0 Å². The molecule has 1 aliphatic rings. The Morgan fingerprint density at radius 3 is 2.00 bits per heavy atom. The van der Waals surface area contributed by atoms with Crippen LogP contribution in [-0.2, 0) is 6.42 Å². The van der Waals surface area contributed by atoms with Gasteiger partial charge in [0.05, 0.1) is 0 Å². The van der Waals surface area contributed by atoms with Crippen molar-refractivity contribution in [2.45, 2.75) is 26.7 Å². The topological polar surface area (TPSA) is 13.1 Å². The van der Waals surface area contributed by atoms with E-state index in [1.54, 1.807) is 0 Å². The molecule has 256 valence electrons. The van der Waals surface area contributed by atoms with Crippen molar-refractivity contribution >= 4 is 86.9 Å². The van der Waals surface area contributed by atoms with Crippen LogP contribution in [0.4, 0.5) is 0 Å². The van der Waals surface area contributed by atoms with Gasteiger partial charge in [-0.15, -0.1) is 11.3 Å². The van der Waals surface area contributed by atoms with E-state index in [2.05, 4.69) is 172 Å². The minimum absolute atomic E-state index is 0.947. The molecule has 1 nitrogen and oxygen atoms in total. The molecule has 2 heteroatoms. The molecule has 0 aliphatic heterocycles. The Morgan fingerprint density at radius 1 is 0.574 bits per heavy atom. The molecule has 8 aromatic carbocycles. The van der Waals surface area contributed by atoms with Gasteiger partial charge in [0.1, 0.15) is 11.3 Å². The van der Waals surface area contributed by atoms with Crippen molar-refractivity contribution in [3.05, 3.63) is 168 Å². The summed E-state index contributed by atoms with van der Waals surface area (Å²) in [6.45, 7) is 4.11. The Kier molecular flexibility index (Phi) is 7.05. The Hall–Kier alpha value is -6.22. The van der Waals surface area contributed by atoms with Crippen molar-refractivity contribution in [2.24, 2.45) is 0 Å². The largest absolute Gasteiger partial charge is 0.461 e. The zero-order valence-corrected chi connectivity index (χ0v) is 31.1. The zero-order valence-electron chi connectivity index (χ0n) is 30.2. The lowest BCUT2D eigenvalue weighted by Gasteiger charge is -2.19.